The van der Waals surface area contributed by atoms with E-state index in [1.165, 1.54) is 12.4 Å². The van der Waals surface area contributed by atoms with Gasteiger partial charge in [0.15, 0.2) is 5.70 Å². The summed E-state index contributed by atoms with van der Waals surface area (Å²) in [6.45, 7) is -2.47. The third-order valence-electron chi connectivity index (χ3n) is 4.97. The molecule has 0 saturated heterocycles. The summed E-state index contributed by atoms with van der Waals surface area (Å²) >= 11 is 11.8. The van der Waals surface area contributed by atoms with Gasteiger partial charge in [0.1, 0.15) is 6.21 Å². The first-order valence-electron chi connectivity index (χ1n) is 8.79. The molecule has 1 aromatic heterocycles. The highest BCUT2D eigenvalue weighted by Gasteiger charge is 2.51. The maximum absolute atomic E-state index is 14.8. The number of hydrogen-bond acceptors (Lipinski definition) is 1. The first-order valence-corrected chi connectivity index (χ1v) is 9.86. The summed E-state index contributed by atoms with van der Waals surface area (Å²) in [5.41, 5.74) is 3.75. The van der Waals surface area contributed by atoms with E-state index in [-0.39, 0.29) is 0 Å². The van der Waals surface area contributed by atoms with Crippen LogP contribution in [0.15, 0.2) is 60.4 Å². The highest BCUT2D eigenvalue weighted by molar-refractivity contribution is 6.57. The Kier molecular flexibility index (Phi) is 4.87. The fourth-order valence-corrected chi connectivity index (χ4v) is 4.14. The van der Waals surface area contributed by atoms with Crippen LogP contribution in [0, 0.1) is 0 Å². The maximum Gasteiger partial charge on any atom is 0.737 e. The number of benzene rings is 1. The number of nitrogens with zero attached hydrogens (tertiary/aromatic N) is 3. The molecular weight excluding hydrogens is 390 g/mol. The molecule has 0 bridgehead atoms. The third-order valence-corrected chi connectivity index (χ3v) is 5.31. The van der Waals surface area contributed by atoms with Gasteiger partial charge in [-0.1, -0.05) is 12.1 Å². The minimum absolute atomic E-state index is 0.508. The number of rotatable bonds is 6. The van der Waals surface area contributed by atoms with Crippen LogP contribution in [0.1, 0.15) is 11.3 Å². The first kappa shape index (κ1) is 18.3. The van der Waals surface area contributed by atoms with Crippen LogP contribution in [0.2, 0.25) is 0 Å². The van der Waals surface area contributed by atoms with Crippen LogP contribution >= 0.6 is 23.2 Å². The zero-order chi connectivity index (χ0) is 19.0. The quantitative estimate of drug-likeness (QED) is 0.509. The Balaban J connectivity index is 1.77. The SMILES string of the molecule is F[B-]1(F)n2cccc2C(c2ccc(N(CCCl)CCCl)cc2)=C2C=CC=[N+]21. The average molecular weight is 408 g/mol. The van der Waals surface area contributed by atoms with Crippen LogP contribution in [0.4, 0.5) is 14.3 Å². The van der Waals surface area contributed by atoms with E-state index < -0.39 is 6.97 Å². The summed E-state index contributed by atoms with van der Waals surface area (Å²) in [4.78, 5) is 2.11. The fourth-order valence-electron chi connectivity index (χ4n) is 3.73. The lowest BCUT2D eigenvalue weighted by molar-refractivity contribution is -0.356. The monoisotopic (exact) mass is 407 g/mol. The van der Waals surface area contributed by atoms with E-state index >= 15 is 0 Å². The van der Waals surface area contributed by atoms with E-state index in [9.17, 15) is 8.63 Å². The van der Waals surface area contributed by atoms with Gasteiger partial charge in [0.2, 0.25) is 0 Å². The molecule has 1 aromatic carbocycles. The van der Waals surface area contributed by atoms with Gasteiger partial charge in [0, 0.05) is 48.4 Å². The van der Waals surface area contributed by atoms with E-state index in [1.807, 2.05) is 24.3 Å². The summed E-state index contributed by atoms with van der Waals surface area (Å²) < 4.78 is 31.8. The van der Waals surface area contributed by atoms with Crippen molar-refractivity contribution in [3.05, 3.63) is 71.7 Å². The number of aromatic nitrogens is 1. The first-order chi connectivity index (χ1) is 13.1. The van der Waals surface area contributed by atoms with Crippen LogP contribution < -0.4 is 4.90 Å². The third kappa shape index (κ3) is 3.01. The molecule has 0 saturated carbocycles. The molecule has 140 valence electrons. The molecule has 0 fully saturated rings. The van der Waals surface area contributed by atoms with Crippen molar-refractivity contribution in [3.63, 3.8) is 0 Å². The second kappa shape index (κ2) is 7.17. The van der Waals surface area contributed by atoms with Gasteiger partial charge < -0.3 is 22.5 Å². The molecule has 0 radical (unpaired) electrons. The largest absolute Gasteiger partial charge is 0.737 e. The molecule has 0 aliphatic carbocycles. The Hall–Kier alpha value is -2.05. The molecule has 2 aliphatic rings. The van der Waals surface area contributed by atoms with Gasteiger partial charge in [-0.15, -0.1) is 23.2 Å². The number of anilines is 1. The van der Waals surface area contributed by atoms with Crippen molar-refractivity contribution in [3.8, 4) is 0 Å². The van der Waals surface area contributed by atoms with Crippen LogP contribution in [0.25, 0.3) is 5.57 Å². The van der Waals surface area contributed by atoms with Crippen molar-refractivity contribution in [2.24, 2.45) is 0 Å². The van der Waals surface area contributed by atoms with Gasteiger partial charge in [-0.25, -0.2) is 0 Å². The average Bonchev–Trinajstić information content (AvgIpc) is 3.33. The van der Waals surface area contributed by atoms with E-state index in [2.05, 4.69) is 4.90 Å². The maximum atomic E-state index is 14.8. The molecule has 0 spiro atoms. The predicted molar refractivity (Wildman–Crippen MR) is 109 cm³/mol. The van der Waals surface area contributed by atoms with E-state index in [0.29, 0.717) is 36.2 Å². The standard InChI is InChI=1S/C19H18BCl2F2N3/c21-9-13-25(14-10-22)16-7-5-15(6-8-16)19-17-3-1-11-26(17)20(23,24)27-12-2-4-18(19)27/h1-8,11-12H,9-10,13-14H2. The molecule has 0 unspecified atom stereocenters. The Morgan fingerprint density at radius 2 is 1.74 bits per heavy atom. The number of halogens is 4. The van der Waals surface area contributed by atoms with Crippen LogP contribution in [0.3, 0.4) is 0 Å². The van der Waals surface area contributed by atoms with Crippen molar-refractivity contribution in [2.75, 3.05) is 29.7 Å². The fraction of sp³-hybridized carbons (Fsp3) is 0.211. The molecule has 4 rings (SSSR count). The Labute approximate surface area is 166 Å². The minimum atomic E-state index is -3.87. The lowest BCUT2D eigenvalue weighted by Crippen LogP contribution is -2.49. The predicted octanol–water partition coefficient (Wildman–Crippen LogP) is 4.42. The molecule has 3 nitrogen and oxygen atoms in total. The summed E-state index contributed by atoms with van der Waals surface area (Å²) in [5.74, 6) is 1.02. The van der Waals surface area contributed by atoms with Gasteiger partial charge in [-0.2, -0.15) is 0 Å². The zero-order valence-corrected chi connectivity index (χ0v) is 16.0. The summed E-state index contributed by atoms with van der Waals surface area (Å²) in [7, 11) is 0. The van der Waals surface area contributed by atoms with Gasteiger partial charge in [0.25, 0.3) is 0 Å². The molecule has 0 amide bonds. The highest BCUT2D eigenvalue weighted by atomic mass is 35.5. The smallest absolute Gasteiger partial charge is 0.396 e. The molecule has 27 heavy (non-hydrogen) atoms. The minimum Gasteiger partial charge on any atom is -0.396 e. The number of fused-ring (bicyclic) bond motifs is 2. The number of hydrogen-bond donors (Lipinski definition) is 0. The molecule has 2 aromatic rings. The number of alkyl halides is 2. The second-order valence-corrected chi connectivity index (χ2v) is 7.23. The second-order valence-electron chi connectivity index (χ2n) is 6.48. The molecular formula is C19H18BCl2F2N3. The molecule has 3 heterocycles. The van der Waals surface area contributed by atoms with Crippen LogP contribution in [0.5, 0.6) is 0 Å². The lowest BCUT2D eigenvalue weighted by atomic mass is 9.86. The Morgan fingerprint density at radius 3 is 2.41 bits per heavy atom. The topological polar surface area (TPSA) is 11.2 Å². The lowest BCUT2D eigenvalue weighted by Gasteiger charge is -2.31. The molecule has 0 atom stereocenters. The van der Waals surface area contributed by atoms with E-state index in [0.717, 1.165) is 25.8 Å². The van der Waals surface area contributed by atoms with Crippen molar-refractivity contribution in [1.29, 1.82) is 0 Å². The summed E-state index contributed by atoms with van der Waals surface area (Å²) in [5, 5.41) is 0. The van der Waals surface area contributed by atoms with Crippen molar-refractivity contribution in [2.45, 2.75) is 0 Å². The van der Waals surface area contributed by atoms with Gasteiger partial charge in [0.05, 0.1) is 5.57 Å². The zero-order valence-electron chi connectivity index (χ0n) is 14.5. The molecule has 0 N–H and O–H groups in total. The van der Waals surface area contributed by atoms with Crippen LogP contribution in [-0.2, 0) is 0 Å². The summed E-state index contributed by atoms with van der Waals surface area (Å²) in [6.07, 6.45) is 6.28. The Morgan fingerprint density at radius 1 is 1.04 bits per heavy atom. The highest BCUT2D eigenvalue weighted by Crippen LogP contribution is 2.38. The normalized spacial score (nSPS) is 17.0. The van der Waals surface area contributed by atoms with Crippen molar-refractivity contribution in [1.82, 2.24) is 4.48 Å². The van der Waals surface area contributed by atoms with E-state index in [1.54, 1.807) is 24.3 Å². The Bertz CT molecular complexity index is 942. The van der Waals surface area contributed by atoms with E-state index in [4.69, 9.17) is 23.2 Å². The van der Waals surface area contributed by atoms with Crippen molar-refractivity contribution >= 4 is 47.6 Å². The van der Waals surface area contributed by atoms with Gasteiger partial charge in [-0.05, 0) is 36.0 Å². The van der Waals surface area contributed by atoms with Gasteiger partial charge >= 0.3 is 6.97 Å². The van der Waals surface area contributed by atoms with Crippen molar-refractivity contribution < 1.29 is 13.1 Å². The number of allylic oxidation sites excluding steroid dienone is 2. The molecule has 2 aliphatic heterocycles. The molecule has 8 heteroatoms. The summed E-state index contributed by atoms with van der Waals surface area (Å²) in [6, 6.07) is 11.3. The van der Waals surface area contributed by atoms with Crippen LogP contribution in [-0.4, -0.2) is 47.0 Å². The van der Waals surface area contributed by atoms with Gasteiger partial charge in [-0.3, -0.25) is 0 Å².